The van der Waals surface area contributed by atoms with Gasteiger partial charge in [0.15, 0.2) is 0 Å². The van der Waals surface area contributed by atoms with E-state index < -0.39 is 10.1 Å². The standard InChI is InChI=1S/C12H10O4S4.Na/c1-16-8-4-5-9(20(13,14)15)10-6(8)2-3-7-11(10)18-19-12(7)17;/h4-5H,2-3H2,1H3,(H,13,14,15);/q;+1/p-1. The van der Waals surface area contributed by atoms with Crippen molar-refractivity contribution < 1.29 is 47.3 Å². The largest absolute Gasteiger partial charge is 1.00 e. The van der Waals surface area contributed by atoms with Crippen LogP contribution in [0.25, 0.3) is 10.4 Å². The first-order valence-electron chi connectivity index (χ1n) is 5.71. The summed E-state index contributed by atoms with van der Waals surface area (Å²) in [5, 5.41) is 0. The molecule has 2 aromatic rings. The summed E-state index contributed by atoms with van der Waals surface area (Å²) in [7, 11) is -0.139. The topological polar surface area (TPSA) is 66.4 Å². The number of benzene rings is 1. The Balaban J connectivity index is 0.00000161. The van der Waals surface area contributed by atoms with Crippen LogP contribution in [0.4, 0.5) is 0 Å². The van der Waals surface area contributed by atoms with E-state index in [2.05, 4.69) is 0 Å². The number of methoxy groups -OCH3 is 1. The molecular formula is C12H9NaO4S4. The third-order valence-corrected chi connectivity index (χ3v) is 7.33. The van der Waals surface area contributed by atoms with Crippen LogP contribution >= 0.6 is 32.9 Å². The molecule has 1 aliphatic rings. The van der Waals surface area contributed by atoms with E-state index in [0.29, 0.717) is 17.7 Å². The molecule has 9 heteroatoms. The van der Waals surface area contributed by atoms with Crippen LogP contribution in [-0.2, 0) is 23.0 Å². The predicted molar refractivity (Wildman–Crippen MR) is 80.4 cm³/mol. The number of hydrogen-bond acceptors (Lipinski definition) is 7. The summed E-state index contributed by atoms with van der Waals surface area (Å²) in [6.07, 6.45) is 1.38. The third kappa shape index (κ3) is 3.00. The van der Waals surface area contributed by atoms with Crippen LogP contribution in [-0.4, -0.2) is 20.1 Å². The molecule has 0 bridgehead atoms. The fourth-order valence-electron chi connectivity index (χ4n) is 2.43. The first kappa shape index (κ1) is 17.6. The van der Waals surface area contributed by atoms with Crippen molar-refractivity contribution in [2.75, 3.05) is 7.11 Å². The zero-order chi connectivity index (χ0) is 14.5. The van der Waals surface area contributed by atoms with Gasteiger partial charge in [-0.25, -0.2) is 8.42 Å². The van der Waals surface area contributed by atoms with Crippen molar-refractivity contribution >= 4 is 43.0 Å². The average molecular weight is 368 g/mol. The summed E-state index contributed by atoms with van der Waals surface area (Å²) in [5.74, 6) is 0.613. The quantitative estimate of drug-likeness (QED) is 0.328. The summed E-state index contributed by atoms with van der Waals surface area (Å²) in [5.41, 5.74) is 2.24. The van der Waals surface area contributed by atoms with Crippen LogP contribution in [0.1, 0.15) is 11.1 Å². The Morgan fingerprint density at radius 2 is 1.90 bits per heavy atom. The van der Waals surface area contributed by atoms with E-state index >= 15 is 0 Å². The molecule has 3 rings (SSSR count). The maximum absolute atomic E-state index is 11.5. The molecule has 0 radical (unpaired) electrons. The second-order valence-corrected chi connectivity index (χ2v) is 8.50. The molecule has 21 heavy (non-hydrogen) atoms. The van der Waals surface area contributed by atoms with Gasteiger partial charge in [-0.2, -0.15) is 0 Å². The van der Waals surface area contributed by atoms with Crippen LogP contribution < -0.4 is 34.3 Å². The van der Waals surface area contributed by atoms with E-state index in [0.717, 1.165) is 26.2 Å². The Bertz CT molecular complexity index is 851. The molecular weight excluding hydrogens is 359 g/mol. The van der Waals surface area contributed by atoms with Gasteiger partial charge in [0, 0.05) is 16.7 Å². The van der Waals surface area contributed by atoms with Crippen molar-refractivity contribution in [2.45, 2.75) is 17.7 Å². The summed E-state index contributed by atoms with van der Waals surface area (Å²) in [6.45, 7) is 0. The predicted octanol–water partition coefficient (Wildman–Crippen LogP) is 0.221. The molecule has 0 aliphatic heterocycles. The normalized spacial score (nSPS) is 13.0. The fourth-order valence-corrected chi connectivity index (χ4v) is 6.26. The fraction of sp³-hybridized carbons (Fsp3) is 0.250. The van der Waals surface area contributed by atoms with Gasteiger partial charge in [0.1, 0.15) is 19.7 Å². The molecule has 1 heterocycles. The van der Waals surface area contributed by atoms with Gasteiger partial charge in [0.25, 0.3) is 0 Å². The Kier molecular flexibility index (Phi) is 5.32. The van der Waals surface area contributed by atoms with Crippen molar-refractivity contribution in [1.82, 2.24) is 0 Å². The first-order chi connectivity index (χ1) is 9.43. The molecule has 0 fully saturated rings. The SMILES string of the molecule is COc1ccc(S(=O)(=O)[O-])c2c1CCc1c-2ssc1=S.[Na+]. The maximum atomic E-state index is 11.5. The van der Waals surface area contributed by atoms with E-state index in [1.54, 1.807) is 6.07 Å². The smallest absolute Gasteiger partial charge is 0.744 e. The molecule has 0 saturated carbocycles. The Hall–Kier alpha value is 0.200. The minimum atomic E-state index is -4.53. The van der Waals surface area contributed by atoms with Crippen molar-refractivity contribution in [3.8, 4) is 16.2 Å². The Labute approximate surface area is 157 Å². The van der Waals surface area contributed by atoms with Gasteiger partial charge in [0.2, 0.25) is 0 Å². The molecule has 1 aromatic heterocycles. The van der Waals surface area contributed by atoms with Crippen molar-refractivity contribution in [2.24, 2.45) is 0 Å². The first-order valence-corrected chi connectivity index (χ1v) is 9.68. The van der Waals surface area contributed by atoms with Gasteiger partial charge < -0.3 is 9.29 Å². The monoisotopic (exact) mass is 368 g/mol. The summed E-state index contributed by atoms with van der Waals surface area (Å²) in [6, 6.07) is 2.86. The molecule has 106 valence electrons. The van der Waals surface area contributed by atoms with Crippen LogP contribution in [0, 0.1) is 3.82 Å². The van der Waals surface area contributed by atoms with Crippen LogP contribution in [0.3, 0.4) is 0 Å². The molecule has 0 spiro atoms. The van der Waals surface area contributed by atoms with Gasteiger partial charge in [0.05, 0.1) is 16.9 Å². The minimum Gasteiger partial charge on any atom is -0.744 e. The third-order valence-electron chi connectivity index (χ3n) is 3.29. The second-order valence-electron chi connectivity index (χ2n) is 4.34. The van der Waals surface area contributed by atoms with Crippen LogP contribution in [0.2, 0.25) is 0 Å². The van der Waals surface area contributed by atoms with Crippen LogP contribution in [0.15, 0.2) is 17.0 Å². The zero-order valence-electron chi connectivity index (χ0n) is 11.3. The Morgan fingerprint density at radius 3 is 2.52 bits per heavy atom. The number of rotatable bonds is 2. The summed E-state index contributed by atoms with van der Waals surface area (Å²) in [4.78, 5) is 0.618. The molecule has 0 N–H and O–H groups in total. The molecule has 0 unspecified atom stereocenters. The molecule has 0 amide bonds. The van der Waals surface area contributed by atoms with Crippen molar-refractivity contribution in [3.05, 3.63) is 27.1 Å². The molecule has 0 atom stereocenters. The second kappa shape index (κ2) is 6.37. The molecule has 1 aliphatic carbocycles. The summed E-state index contributed by atoms with van der Waals surface area (Å²) < 4.78 is 40.6. The van der Waals surface area contributed by atoms with E-state index in [9.17, 15) is 13.0 Å². The average Bonchev–Trinajstić information content (AvgIpc) is 2.78. The Morgan fingerprint density at radius 1 is 1.24 bits per heavy atom. The van der Waals surface area contributed by atoms with Gasteiger partial charge in [-0.3, -0.25) is 0 Å². The number of ether oxygens (including phenoxy) is 1. The molecule has 4 nitrogen and oxygen atoms in total. The van der Waals surface area contributed by atoms with Gasteiger partial charge in [-0.1, -0.05) is 32.9 Å². The summed E-state index contributed by atoms with van der Waals surface area (Å²) >= 11 is 5.27. The van der Waals surface area contributed by atoms with Crippen molar-refractivity contribution in [1.29, 1.82) is 0 Å². The van der Waals surface area contributed by atoms with E-state index in [1.807, 2.05) is 0 Å². The molecule has 1 aromatic carbocycles. The van der Waals surface area contributed by atoms with Gasteiger partial charge in [-0.05, 0) is 25.0 Å². The van der Waals surface area contributed by atoms with E-state index in [-0.39, 0.29) is 34.5 Å². The van der Waals surface area contributed by atoms with Crippen molar-refractivity contribution in [3.63, 3.8) is 0 Å². The number of fused-ring (bicyclic) bond motifs is 3. The van der Waals surface area contributed by atoms with E-state index in [1.165, 1.54) is 33.9 Å². The van der Waals surface area contributed by atoms with E-state index in [4.69, 9.17) is 17.0 Å². The zero-order valence-corrected chi connectivity index (χ0v) is 16.6. The minimum absolute atomic E-state index is 0. The number of hydrogen-bond donors (Lipinski definition) is 0. The van der Waals surface area contributed by atoms with Gasteiger partial charge >= 0.3 is 29.6 Å². The maximum Gasteiger partial charge on any atom is 1.00 e. The molecule has 0 saturated heterocycles. The van der Waals surface area contributed by atoms with Gasteiger partial charge in [-0.15, -0.1) is 0 Å². The van der Waals surface area contributed by atoms with Crippen LogP contribution in [0.5, 0.6) is 5.75 Å².